The highest BCUT2D eigenvalue weighted by Gasteiger charge is 1.97. The molecule has 0 unspecified atom stereocenters. The van der Waals surface area contributed by atoms with Gasteiger partial charge in [0.25, 0.3) is 0 Å². The Kier molecular flexibility index (Phi) is 10.1. The molecule has 0 saturated heterocycles. The molecule has 0 bridgehead atoms. The molecule has 84 valence electrons. The largest absolute Gasteiger partial charge is 0.481 e. The van der Waals surface area contributed by atoms with Gasteiger partial charge in [0.1, 0.15) is 0 Å². The zero-order chi connectivity index (χ0) is 10.6. The Bertz CT molecular complexity index is 137. The van der Waals surface area contributed by atoms with Crippen LogP contribution in [0.1, 0.15) is 46.0 Å². The second kappa shape index (κ2) is 10.5. The minimum absolute atomic E-state index is 0.356. The zero-order valence-corrected chi connectivity index (χ0v) is 9.47. The summed E-state index contributed by atoms with van der Waals surface area (Å²) in [5.41, 5.74) is 0. The molecule has 0 aromatic carbocycles. The fourth-order valence-electron chi connectivity index (χ4n) is 0.925. The van der Waals surface area contributed by atoms with Gasteiger partial charge in [-0.1, -0.05) is 26.7 Å². The molecular formula is C11H23NO2. The van der Waals surface area contributed by atoms with Crippen LogP contribution < -0.4 is 0 Å². The quantitative estimate of drug-likeness (QED) is 0.354. The summed E-state index contributed by atoms with van der Waals surface area (Å²) in [7, 11) is 0. The van der Waals surface area contributed by atoms with Crippen LogP contribution in [0.15, 0.2) is 0 Å². The van der Waals surface area contributed by atoms with Crippen LogP contribution in [0.3, 0.4) is 0 Å². The van der Waals surface area contributed by atoms with Crippen molar-refractivity contribution in [2.45, 2.75) is 46.0 Å². The molecule has 0 aromatic heterocycles. The van der Waals surface area contributed by atoms with Crippen molar-refractivity contribution in [1.29, 1.82) is 5.41 Å². The Balaban J connectivity index is 3.10. The van der Waals surface area contributed by atoms with Gasteiger partial charge in [-0.15, -0.1) is 0 Å². The summed E-state index contributed by atoms with van der Waals surface area (Å²) in [5, 5.41) is 7.45. The molecule has 0 amide bonds. The first-order valence-electron chi connectivity index (χ1n) is 5.59. The predicted molar refractivity (Wildman–Crippen MR) is 58.9 cm³/mol. The molecule has 3 heteroatoms. The number of unbranched alkanes of at least 4 members (excludes halogenated alkanes) is 2. The van der Waals surface area contributed by atoms with Crippen molar-refractivity contribution in [3.05, 3.63) is 0 Å². The van der Waals surface area contributed by atoms with E-state index in [1.54, 1.807) is 0 Å². The Morgan fingerprint density at radius 1 is 1.00 bits per heavy atom. The van der Waals surface area contributed by atoms with Gasteiger partial charge in [-0.2, -0.15) is 0 Å². The zero-order valence-electron chi connectivity index (χ0n) is 9.47. The van der Waals surface area contributed by atoms with E-state index >= 15 is 0 Å². The first kappa shape index (κ1) is 13.4. The molecule has 0 aromatic rings. The van der Waals surface area contributed by atoms with E-state index in [9.17, 15) is 0 Å². The van der Waals surface area contributed by atoms with E-state index < -0.39 is 0 Å². The van der Waals surface area contributed by atoms with Crippen molar-refractivity contribution in [2.24, 2.45) is 0 Å². The lowest BCUT2D eigenvalue weighted by atomic mass is 10.3. The SMILES string of the molecule is CCCCOCCC(=N)OCCCC. The van der Waals surface area contributed by atoms with Crippen molar-refractivity contribution in [2.75, 3.05) is 19.8 Å². The Labute approximate surface area is 87.3 Å². The average Bonchev–Trinajstić information content (AvgIpc) is 2.18. The topological polar surface area (TPSA) is 42.3 Å². The molecule has 0 atom stereocenters. The molecule has 0 aliphatic heterocycles. The van der Waals surface area contributed by atoms with Gasteiger partial charge in [-0.05, 0) is 12.8 Å². The van der Waals surface area contributed by atoms with E-state index in [1.165, 1.54) is 0 Å². The van der Waals surface area contributed by atoms with Gasteiger partial charge in [0.05, 0.1) is 13.2 Å². The first-order valence-corrected chi connectivity index (χ1v) is 5.59. The molecule has 1 N–H and O–H groups in total. The Hall–Kier alpha value is -0.570. The Morgan fingerprint density at radius 3 is 2.29 bits per heavy atom. The summed E-state index contributed by atoms with van der Waals surface area (Å²) in [4.78, 5) is 0. The molecular weight excluding hydrogens is 178 g/mol. The Morgan fingerprint density at radius 2 is 1.64 bits per heavy atom. The molecule has 0 aliphatic rings. The van der Waals surface area contributed by atoms with Gasteiger partial charge in [0, 0.05) is 13.0 Å². The minimum atomic E-state index is 0.356. The van der Waals surface area contributed by atoms with E-state index in [1.807, 2.05) is 0 Å². The maximum Gasteiger partial charge on any atom is 0.182 e. The van der Waals surface area contributed by atoms with Gasteiger partial charge in [-0.25, -0.2) is 0 Å². The summed E-state index contributed by atoms with van der Waals surface area (Å²) in [6, 6.07) is 0. The number of nitrogens with one attached hydrogen (secondary N) is 1. The molecule has 3 nitrogen and oxygen atoms in total. The molecule has 14 heavy (non-hydrogen) atoms. The normalized spacial score (nSPS) is 10.1. The van der Waals surface area contributed by atoms with Gasteiger partial charge >= 0.3 is 0 Å². The molecule has 0 heterocycles. The van der Waals surface area contributed by atoms with Crippen LogP contribution in [0.25, 0.3) is 0 Å². The molecule has 0 rings (SSSR count). The smallest absolute Gasteiger partial charge is 0.182 e. The highest BCUT2D eigenvalue weighted by molar-refractivity contribution is 5.72. The molecule has 0 radical (unpaired) electrons. The monoisotopic (exact) mass is 201 g/mol. The molecule has 0 spiro atoms. The van der Waals surface area contributed by atoms with E-state index in [0.29, 0.717) is 25.5 Å². The average molecular weight is 201 g/mol. The van der Waals surface area contributed by atoms with E-state index in [0.717, 1.165) is 32.3 Å². The van der Waals surface area contributed by atoms with E-state index in [2.05, 4.69) is 13.8 Å². The van der Waals surface area contributed by atoms with Crippen LogP contribution in [-0.2, 0) is 9.47 Å². The number of hydrogen-bond acceptors (Lipinski definition) is 3. The van der Waals surface area contributed by atoms with E-state index in [4.69, 9.17) is 14.9 Å². The second-order valence-corrected chi connectivity index (χ2v) is 3.34. The summed E-state index contributed by atoms with van der Waals surface area (Å²) in [5.74, 6) is 0.356. The summed E-state index contributed by atoms with van der Waals surface area (Å²) in [6.45, 7) is 6.34. The van der Waals surface area contributed by atoms with Crippen molar-refractivity contribution in [3.63, 3.8) is 0 Å². The highest BCUT2D eigenvalue weighted by Crippen LogP contribution is 1.94. The lowest BCUT2D eigenvalue weighted by molar-refractivity contribution is 0.132. The van der Waals surface area contributed by atoms with Crippen LogP contribution in [-0.4, -0.2) is 25.7 Å². The highest BCUT2D eigenvalue weighted by atomic mass is 16.5. The van der Waals surface area contributed by atoms with Crippen LogP contribution in [0, 0.1) is 5.41 Å². The lowest BCUT2D eigenvalue weighted by Gasteiger charge is -2.06. The van der Waals surface area contributed by atoms with Crippen molar-refractivity contribution >= 4 is 5.90 Å². The lowest BCUT2D eigenvalue weighted by Crippen LogP contribution is -2.08. The first-order chi connectivity index (χ1) is 6.81. The molecule has 0 aliphatic carbocycles. The fourth-order valence-corrected chi connectivity index (χ4v) is 0.925. The second-order valence-electron chi connectivity index (χ2n) is 3.34. The third-order valence-electron chi connectivity index (χ3n) is 1.89. The number of ether oxygens (including phenoxy) is 2. The summed E-state index contributed by atoms with van der Waals surface area (Å²) >= 11 is 0. The van der Waals surface area contributed by atoms with E-state index in [-0.39, 0.29) is 0 Å². The van der Waals surface area contributed by atoms with Crippen molar-refractivity contribution in [3.8, 4) is 0 Å². The van der Waals surface area contributed by atoms with Gasteiger partial charge < -0.3 is 9.47 Å². The van der Waals surface area contributed by atoms with Gasteiger partial charge in [-0.3, -0.25) is 5.41 Å². The van der Waals surface area contributed by atoms with Gasteiger partial charge in [0.15, 0.2) is 5.90 Å². The summed E-state index contributed by atoms with van der Waals surface area (Å²) < 4.78 is 10.5. The predicted octanol–water partition coefficient (Wildman–Crippen LogP) is 2.99. The van der Waals surface area contributed by atoms with Crippen LogP contribution >= 0.6 is 0 Å². The van der Waals surface area contributed by atoms with Crippen LogP contribution in [0.4, 0.5) is 0 Å². The van der Waals surface area contributed by atoms with Gasteiger partial charge in [0.2, 0.25) is 0 Å². The third kappa shape index (κ3) is 9.52. The van der Waals surface area contributed by atoms with Crippen molar-refractivity contribution in [1.82, 2.24) is 0 Å². The fraction of sp³-hybridized carbons (Fsp3) is 0.909. The maximum atomic E-state index is 7.45. The summed E-state index contributed by atoms with van der Waals surface area (Å²) in [6.07, 6.45) is 5.00. The number of hydrogen-bond donors (Lipinski definition) is 1. The van der Waals surface area contributed by atoms with Crippen LogP contribution in [0.5, 0.6) is 0 Å². The maximum absolute atomic E-state index is 7.45. The van der Waals surface area contributed by atoms with Crippen LogP contribution in [0.2, 0.25) is 0 Å². The number of rotatable bonds is 9. The van der Waals surface area contributed by atoms with Crippen molar-refractivity contribution < 1.29 is 9.47 Å². The molecule has 0 fully saturated rings. The minimum Gasteiger partial charge on any atom is -0.481 e. The standard InChI is InChI=1S/C11H23NO2/c1-3-5-8-13-10-7-11(12)14-9-6-4-2/h12H,3-10H2,1-2H3. The third-order valence-corrected chi connectivity index (χ3v) is 1.89. The molecule has 0 saturated carbocycles.